The summed E-state index contributed by atoms with van der Waals surface area (Å²) in [5, 5.41) is 17.6. The fraction of sp³-hybridized carbons (Fsp3) is 0.185. The Morgan fingerprint density at radius 2 is 1.76 bits per heavy atom. The predicted molar refractivity (Wildman–Crippen MR) is 132 cm³/mol. The van der Waals surface area contributed by atoms with E-state index >= 15 is 0 Å². The summed E-state index contributed by atoms with van der Waals surface area (Å²) in [4.78, 5) is 15.9. The van der Waals surface area contributed by atoms with E-state index in [1.807, 2.05) is 12.1 Å². The van der Waals surface area contributed by atoms with E-state index in [4.69, 9.17) is 5.73 Å². The van der Waals surface area contributed by atoms with Gasteiger partial charge in [0.15, 0.2) is 0 Å². The number of amides is 2. The summed E-state index contributed by atoms with van der Waals surface area (Å²) in [6.45, 7) is 1.72. The second-order valence-corrected chi connectivity index (χ2v) is 8.89. The zero-order valence-corrected chi connectivity index (χ0v) is 18.6. The SMILES string of the molecule is NC(=O)N1CCN(c2ccc(O)cc2)C(c2ccc(-c3n[nH]c4c3Cc3ccccc3-4)cc2)C1. The van der Waals surface area contributed by atoms with Crippen molar-refractivity contribution < 1.29 is 9.90 Å². The number of fused-ring (bicyclic) bond motifs is 3. The van der Waals surface area contributed by atoms with Crippen LogP contribution in [-0.4, -0.2) is 45.9 Å². The van der Waals surface area contributed by atoms with Gasteiger partial charge < -0.3 is 20.6 Å². The third-order valence-electron chi connectivity index (χ3n) is 6.96. The first kappa shape index (κ1) is 20.4. The zero-order chi connectivity index (χ0) is 23.2. The smallest absolute Gasteiger partial charge is 0.314 e. The lowest BCUT2D eigenvalue weighted by Crippen LogP contribution is -2.52. The number of carbonyl (C=O) groups is 1. The van der Waals surface area contributed by atoms with Crippen molar-refractivity contribution in [1.29, 1.82) is 0 Å². The molecule has 1 aromatic heterocycles. The van der Waals surface area contributed by atoms with Crippen molar-refractivity contribution in [2.45, 2.75) is 12.5 Å². The summed E-state index contributed by atoms with van der Waals surface area (Å²) in [7, 11) is 0. The summed E-state index contributed by atoms with van der Waals surface area (Å²) in [5.41, 5.74) is 14.6. The van der Waals surface area contributed by atoms with E-state index in [0.29, 0.717) is 19.6 Å². The number of phenolic OH excluding ortho intramolecular Hbond substituents is 1. The number of aromatic nitrogens is 2. The fourth-order valence-electron chi connectivity index (χ4n) is 5.19. The number of hydrogen-bond donors (Lipinski definition) is 3. The van der Waals surface area contributed by atoms with E-state index in [-0.39, 0.29) is 11.8 Å². The van der Waals surface area contributed by atoms with Crippen molar-refractivity contribution >= 4 is 11.7 Å². The number of phenols is 1. The monoisotopic (exact) mass is 451 g/mol. The molecule has 4 aromatic rings. The van der Waals surface area contributed by atoms with Crippen LogP contribution in [0, 0.1) is 0 Å². The fourth-order valence-corrected chi connectivity index (χ4v) is 5.19. The highest BCUT2D eigenvalue weighted by Gasteiger charge is 2.30. The number of rotatable bonds is 3. The van der Waals surface area contributed by atoms with Gasteiger partial charge in [-0.05, 0) is 35.4 Å². The molecule has 0 saturated carbocycles. The molecule has 7 heteroatoms. The molecule has 6 rings (SSSR count). The molecule has 2 aliphatic rings. The number of anilines is 1. The number of aromatic hydroxyl groups is 1. The first-order valence-electron chi connectivity index (χ1n) is 11.4. The van der Waals surface area contributed by atoms with Gasteiger partial charge in [-0.15, -0.1) is 0 Å². The van der Waals surface area contributed by atoms with Crippen LogP contribution >= 0.6 is 0 Å². The number of hydrogen-bond acceptors (Lipinski definition) is 4. The first-order valence-corrected chi connectivity index (χ1v) is 11.4. The van der Waals surface area contributed by atoms with E-state index in [9.17, 15) is 9.90 Å². The van der Waals surface area contributed by atoms with Gasteiger partial charge in [0, 0.05) is 48.4 Å². The van der Waals surface area contributed by atoms with Gasteiger partial charge in [-0.25, -0.2) is 4.79 Å². The van der Waals surface area contributed by atoms with Crippen LogP contribution in [0.5, 0.6) is 5.75 Å². The molecule has 0 bridgehead atoms. The largest absolute Gasteiger partial charge is 0.508 e. The number of benzene rings is 3. The topological polar surface area (TPSA) is 98.5 Å². The number of nitrogens with two attached hydrogens (primary N) is 1. The van der Waals surface area contributed by atoms with Crippen molar-refractivity contribution in [2.75, 3.05) is 24.5 Å². The van der Waals surface area contributed by atoms with Crippen LogP contribution in [0.2, 0.25) is 0 Å². The van der Waals surface area contributed by atoms with Crippen LogP contribution in [-0.2, 0) is 6.42 Å². The number of aromatic amines is 1. The number of urea groups is 1. The lowest BCUT2D eigenvalue weighted by atomic mass is 9.98. The highest BCUT2D eigenvalue weighted by molar-refractivity contribution is 5.81. The molecule has 4 N–H and O–H groups in total. The van der Waals surface area contributed by atoms with E-state index in [1.54, 1.807) is 17.0 Å². The minimum Gasteiger partial charge on any atom is -0.508 e. The normalized spacial score (nSPS) is 16.9. The molecular weight excluding hydrogens is 426 g/mol. The van der Waals surface area contributed by atoms with Crippen molar-refractivity contribution in [3.8, 4) is 28.3 Å². The maximum absolute atomic E-state index is 11.9. The summed E-state index contributed by atoms with van der Waals surface area (Å²) in [5.74, 6) is 0.231. The van der Waals surface area contributed by atoms with Gasteiger partial charge in [0.2, 0.25) is 0 Å². The molecule has 1 fully saturated rings. The van der Waals surface area contributed by atoms with E-state index in [1.165, 1.54) is 16.7 Å². The molecule has 1 atom stereocenters. The summed E-state index contributed by atoms with van der Waals surface area (Å²) in [6.07, 6.45) is 0.879. The number of nitrogens with zero attached hydrogens (tertiary/aromatic N) is 3. The van der Waals surface area contributed by atoms with E-state index in [0.717, 1.165) is 34.6 Å². The highest BCUT2D eigenvalue weighted by atomic mass is 16.3. The molecule has 3 aromatic carbocycles. The van der Waals surface area contributed by atoms with Crippen LogP contribution in [0.4, 0.5) is 10.5 Å². The van der Waals surface area contributed by atoms with Gasteiger partial charge >= 0.3 is 6.03 Å². The Hall–Kier alpha value is -4.26. The van der Waals surface area contributed by atoms with Crippen LogP contribution in [0.3, 0.4) is 0 Å². The summed E-state index contributed by atoms with van der Waals surface area (Å²) >= 11 is 0. The molecule has 2 amide bonds. The molecule has 1 aliphatic carbocycles. The standard InChI is InChI=1S/C27H25N5O2/c28-27(34)31-13-14-32(20-9-11-21(33)12-10-20)24(16-31)17-5-7-18(8-6-17)25-23-15-19-3-1-2-4-22(19)26(23)30-29-25/h1-12,24,33H,13-16H2,(H2,28,34)(H,29,30). The third-order valence-corrected chi connectivity index (χ3v) is 6.96. The Morgan fingerprint density at radius 1 is 1.00 bits per heavy atom. The Kier molecular flexibility index (Phi) is 4.76. The van der Waals surface area contributed by atoms with Crippen molar-refractivity contribution in [1.82, 2.24) is 15.1 Å². The molecule has 34 heavy (non-hydrogen) atoms. The number of nitrogens with one attached hydrogen (secondary N) is 1. The Morgan fingerprint density at radius 3 is 2.53 bits per heavy atom. The van der Waals surface area contributed by atoms with Crippen LogP contribution < -0.4 is 10.6 Å². The number of piperazine rings is 1. The van der Waals surface area contributed by atoms with Gasteiger partial charge in [-0.1, -0.05) is 48.5 Å². The molecule has 1 aliphatic heterocycles. The Labute approximate surface area is 197 Å². The first-order chi connectivity index (χ1) is 16.6. The zero-order valence-electron chi connectivity index (χ0n) is 18.6. The van der Waals surface area contributed by atoms with Crippen molar-refractivity contribution in [2.24, 2.45) is 5.73 Å². The molecule has 170 valence electrons. The second-order valence-electron chi connectivity index (χ2n) is 8.89. The highest BCUT2D eigenvalue weighted by Crippen LogP contribution is 2.40. The van der Waals surface area contributed by atoms with Gasteiger partial charge in [0.25, 0.3) is 0 Å². The molecule has 7 nitrogen and oxygen atoms in total. The van der Waals surface area contributed by atoms with E-state index < -0.39 is 6.03 Å². The minimum absolute atomic E-state index is 0.0472. The third kappa shape index (κ3) is 3.37. The number of primary amides is 1. The van der Waals surface area contributed by atoms with Gasteiger partial charge in [0.05, 0.1) is 17.4 Å². The average molecular weight is 452 g/mol. The van der Waals surface area contributed by atoms with Crippen LogP contribution in [0.15, 0.2) is 72.8 Å². The molecule has 1 unspecified atom stereocenters. The number of H-pyrrole nitrogens is 1. The van der Waals surface area contributed by atoms with E-state index in [2.05, 4.69) is 63.6 Å². The molecular formula is C27H25N5O2. The molecule has 1 saturated heterocycles. The van der Waals surface area contributed by atoms with Crippen LogP contribution in [0.1, 0.15) is 22.7 Å². The predicted octanol–water partition coefficient (Wildman–Crippen LogP) is 4.30. The average Bonchev–Trinajstić information content (AvgIpc) is 3.44. The number of carbonyl (C=O) groups excluding carboxylic acids is 1. The Balaban J connectivity index is 1.32. The van der Waals surface area contributed by atoms with Gasteiger partial charge in [0.1, 0.15) is 5.75 Å². The quantitative estimate of drug-likeness (QED) is 0.381. The Bertz CT molecular complexity index is 1360. The van der Waals surface area contributed by atoms with Crippen LogP contribution in [0.25, 0.3) is 22.5 Å². The minimum atomic E-state index is -0.404. The lowest BCUT2D eigenvalue weighted by Gasteiger charge is -2.42. The molecule has 0 spiro atoms. The maximum Gasteiger partial charge on any atom is 0.314 e. The molecule has 2 heterocycles. The lowest BCUT2D eigenvalue weighted by molar-refractivity contribution is 0.194. The van der Waals surface area contributed by atoms with Crippen molar-refractivity contribution in [3.05, 3.63) is 89.5 Å². The maximum atomic E-state index is 11.9. The van der Waals surface area contributed by atoms with Gasteiger partial charge in [-0.3, -0.25) is 5.10 Å². The molecule has 0 radical (unpaired) electrons. The van der Waals surface area contributed by atoms with Crippen molar-refractivity contribution in [3.63, 3.8) is 0 Å². The summed E-state index contributed by atoms with van der Waals surface area (Å²) < 4.78 is 0. The van der Waals surface area contributed by atoms with Gasteiger partial charge in [-0.2, -0.15) is 5.10 Å². The second kappa shape index (κ2) is 7.95. The summed E-state index contributed by atoms with van der Waals surface area (Å²) in [6, 6.07) is 23.6.